The van der Waals surface area contributed by atoms with E-state index in [4.69, 9.17) is 4.42 Å². The van der Waals surface area contributed by atoms with Crippen LogP contribution in [0.5, 0.6) is 0 Å². The molecule has 0 unspecified atom stereocenters. The molecule has 0 aliphatic carbocycles. The van der Waals surface area contributed by atoms with Gasteiger partial charge >= 0.3 is 0 Å². The molecule has 0 bridgehead atoms. The minimum atomic E-state index is -0.0856. The van der Waals surface area contributed by atoms with Crippen LogP contribution in [0.1, 0.15) is 29.9 Å². The van der Waals surface area contributed by atoms with E-state index in [2.05, 4.69) is 20.2 Å². The van der Waals surface area contributed by atoms with E-state index in [1.54, 1.807) is 12.3 Å². The zero-order valence-corrected chi connectivity index (χ0v) is 14.7. The van der Waals surface area contributed by atoms with E-state index in [1.807, 2.05) is 11.0 Å². The molecule has 0 spiro atoms. The lowest BCUT2D eigenvalue weighted by atomic mass is 10.1. The molecule has 8 heteroatoms. The van der Waals surface area contributed by atoms with Gasteiger partial charge in [-0.2, -0.15) is 0 Å². The van der Waals surface area contributed by atoms with Crippen LogP contribution in [-0.4, -0.2) is 47.0 Å². The van der Waals surface area contributed by atoms with Crippen LogP contribution in [-0.2, 0) is 24.3 Å². The Morgan fingerprint density at radius 3 is 2.92 bits per heavy atom. The van der Waals surface area contributed by atoms with Crippen molar-refractivity contribution in [3.05, 3.63) is 45.8 Å². The summed E-state index contributed by atoms with van der Waals surface area (Å²) in [5.41, 5.74) is 1.46. The van der Waals surface area contributed by atoms with Crippen molar-refractivity contribution < 1.29 is 9.21 Å². The summed E-state index contributed by atoms with van der Waals surface area (Å²) in [6.07, 6.45) is 4.55. The number of H-pyrrole nitrogens is 1. The highest BCUT2D eigenvalue weighted by atomic mass is 16.3. The molecule has 4 heterocycles. The molecule has 0 aromatic carbocycles. The minimum absolute atomic E-state index is 0.0806. The fourth-order valence-electron chi connectivity index (χ4n) is 3.54. The molecular weight excluding hydrogens is 334 g/mol. The predicted molar refractivity (Wildman–Crippen MR) is 95.8 cm³/mol. The summed E-state index contributed by atoms with van der Waals surface area (Å²) in [6.45, 7) is 3.70. The van der Waals surface area contributed by atoms with Crippen LogP contribution in [0.25, 0.3) is 0 Å². The number of rotatable bonds is 5. The molecule has 1 amide bonds. The molecule has 138 valence electrons. The number of carbonyl (C=O) groups is 1. The molecule has 1 fully saturated rings. The molecule has 4 rings (SSSR count). The highest BCUT2D eigenvalue weighted by Crippen LogP contribution is 2.19. The number of hydrogen-bond acceptors (Lipinski definition) is 6. The highest BCUT2D eigenvalue weighted by Gasteiger charge is 2.24. The first-order chi connectivity index (χ1) is 12.7. The first-order valence-corrected chi connectivity index (χ1v) is 9.07. The highest BCUT2D eigenvalue weighted by molar-refractivity contribution is 5.78. The zero-order chi connectivity index (χ0) is 17.9. The van der Waals surface area contributed by atoms with Gasteiger partial charge in [-0.3, -0.25) is 19.5 Å². The van der Waals surface area contributed by atoms with E-state index in [9.17, 15) is 9.59 Å². The van der Waals surface area contributed by atoms with Crippen LogP contribution in [0.4, 0.5) is 5.95 Å². The lowest BCUT2D eigenvalue weighted by Gasteiger charge is -2.28. The number of amides is 1. The number of furan rings is 1. The second kappa shape index (κ2) is 7.33. The quantitative estimate of drug-likeness (QED) is 0.815. The van der Waals surface area contributed by atoms with E-state index in [0.29, 0.717) is 31.0 Å². The first-order valence-electron chi connectivity index (χ1n) is 9.07. The molecule has 8 nitrogen and oxygen atoms in total. The summed E-state index contributed by atoms with van der Waals surface area (Å²) < 4.78 is 5.20. The van der Waals surface area contributed by atoms with Gasteiger partial charge in [0.25, 0.3) is 5.56 Å². The lowest BCUT2D eigenvalue weighted by Crippen LogP contribution is -2.42. The predicted octanol–water partition coefficient (Wildman–Crippen LogP) is 0.638. The molecular formula is C18H23N5O3. The van der Waals surface area contributed by atoms with E-state index in [0.717, 1.165) is 43.9 Å². The Hall–Kier alpha value is -2.61. The van der Waals surface area contributed by atoms with Gasteiger partial charge in [0.15, 0.2) is 0 Å². The van der Waals surface area contributed by atoms with Gasteiger partial charge in [-0.05, 0) is 25.0 Å². The number of carbonyl (C=O) groups excluding carboxylic acids is 1. The SMILES string of the molecule is O=C(CN1CCc2nc(N3CCCC3)[nH]c(=O)c2C1)NCc1ccco1. The number of nitrogens with one attached hydrogen (secondary N) is 2. The Morgan fingerprint density at radius 2 is 2.15 bits per heavy atom. The smallest absolute Gasteiger partial charge is 0.257 e. The lowest BCUT2D eigenvalue weighted by molar-refractivity contribution is -0.122. The Morgan fingerprint density at radius 1 is 1.31 bits per heavy atom. The third kappa shape index (κ3) is 3.65. The molecule has 2 aliphatic heterocycles. The molecule has 2 aliphatic rings. The third-order valence-electron chi connectivity index (χ3n) is 4.95. The summed E-state index contributed by atoms with van der Waals surface area (Å²) in [5.74, 6) is 1.33. The maximum absolute atomic E-state index is 12.5. The Labute approximate surface area is 151 Å². The van der Waals surface area contributed by atoms with Crippen LogP contribution in [0.15, 0.2) is 27.6 Å². The normalized spacial score (nSPS) is 17.3. The van der Waals surface area contributed by atoms with E-state index >= 15 is 0 Å². The maximum Gasteiger partial charge on any atom is 0.257 e. The Balaban J connectivity index is 1.38. The van der Waals surface area contributed by atoms with E-state index in [-0.39, 0.29) is 18.0 Å². The Kier molecular flexibility index (Phi) is 4.75. The van der Waals surface area contributed by atoms with Crippen molar-refractivity contribution in [1.29, 1.82) is 0 Å². The van der Waals surface area contributed by atoms with Crippen molar-refractivity contribution in [2.24, 2.45) is 0 Å². The van der Waals surface area contributed by atoms with Gasteiger partial charge in [0.2, 0.25) is 11.9 Å². The van der Waals surface area contributed by atoms with Crippen LogP contribution in [0.2, 0.25) is 0 Å². The second-order valence-corrected chi connectivity index (χ2v) is 6.83. The fraction of sp³-hybridized carbons (Fsp3) is 0.500. The van der Waals surface area contributed by atoms with Crippen molar-refractivity contribution in [3.63, 3.8) is 0 Å². The largest absolute Gasteiger partial charge is 0.467 e. The van der Waals surface area contributed by atoms with Gasteiger partial charge < -0.3 is 14.6 Å². The number of aromatic amines is 1. The average molecular weight is 357 g/mol. The monoisotopic (exact) mass is 357 g/mol. The summed E-state index contributed by atoms with van der Waals surface area (Å²) in [4.78, 5) is 36.3. The summed E-state index contributed by atoms with van der Waals surface area (Å²) in [6, 6.07) is 3.61. The van der Waals surface area contributed by atoms with E-state index < -0.39 is 0 Å². The number of hydrogen-bond donors (Lipinski definition) is 2. The molecule has 26 heavy (non-hydrogen) atoms. The third-order valence-corrected chi connectivity index (χ3v) is 4.95. The summed E-state index contributed by atoms with van der Waals surface area (Å²) >= 11 is 0. The molecule has 0 saturated carbocycles. The maximum atomic E-state index is 12.5. The van der Waals surface area contributed by atoms with Gasteiger partial charge in [0.1, 0.15) is 5.76 Å². The van der Waals surface area contributed by atoms with Crippen molar-refractivity contribution in [2.75, 3.05) is 31.1 Å². The van der Waals surface area contributed by atoms with Crippen LogP contribution < -0.4 is 15.8 Å². The number of fused-ring (bicyclic) bond motifs is 1. The van der Waals surface area contributed by atoms with E-state index in [1.165, 1.54) is 0 Å². The minimum Gasteiger partial charge on any atom is -0.467 e. The topological polar surface area (TPSA) is 94.5 Å². The Bertz CT molecular complexity index is 824. The number of anilines is 1. The molecule has 0 atom stereocenters. The molecule has 1 saturated heterocycles. The molecule has 2 aromatic heterocycles. The molecule has 2 aromatic rings. The van der Waals surface area contributed by atoms with Crippen molar-refractivity contribution in [1.82, 2.24) is 20.2 Å². The van der Waals surface area contributed by atoms with Crippen molar-refractivity contribution in [3.8, 4) is 0 Å². The summed E-state index contributed by atoms with van der Waals surface area (Å²) in [5, 5.41) is 2.83. The average Bonchev–Trinajstić information content (AvgIpc) is 3.34. The molecule has 2 N–H and O–H groups in total. The second-order valence-electron chi connectivity index (χ2n) is 6.83. The van der Waals surface area contributed by atoms with Gasteiger partial charge in [0, 0.05) is 32.6 Å². The number of aromatic nitrogens is 2. The van der Waals surface area contributed by atoms with Crippen LogP contribution >= 0.6 is 0 Å². The standard InChI is InChI=1S/C18H23N5O3/c24-16(19-10-13-4-3-9-26-13)12-22-8-5-15-14(11-22)17(25)21-18(20-15)23-6-1-2-7-23/h3-4,9H,1-2,5-8,10-12H2,(H,19,24)(H,20,21,25). The van der Waals surface area contributed by atoms with Crippen molar-refractivity contribution >= 4 is 11.9 Å². The van der Waals surface area contributed by atoms with Crippen LogP contribution in [0.3, 0.4) is 0 Å². The summed E-state index contributed by atoms with van der Waals surface area (Å²) in [7, 11) is 0. The molecule has 0 radical (unpaired) electrons. The van der Waals surface area contributed by atoms with Gasteiger partial charge in [-0.15, -0.1) is 0 Å². The van der Waals surface area contributed by atoms with Gasteiger partial charge in [0.05, 0.1) is 30.6 Å². The fourth-order valence-corrected chi connectivity index (χ4v) is 3.54. The van der Waals surface area contributed by atoms with Crippen molar-refractivity contribution in [2.45, 2.75) is 32.4 Å². The first kappa shape index (κ1) is 16.8. The van der Waals surface area contributed by atoms with Crippen LogP contribution in [0, 0.1) is 0 Å². The number of nitrogens with zero attached hydrogens (tertiary/aromatic N) is 3. The van der Waals surface area contributed by atoms with Gasteiger partial charge in [-0.1, -0.05) is 0 Å². The zero-order valence-electron chi connectivity index (χ0n) is 14.7. The van der Waals surface area contributed by atoms with Gasteiger partial charge in [-0.25, -0.2) is 4.98 Å².